The highest BCUT2D eigenvalue weighted by atomic mass is 35.5. The third-order valence-electron chi connectivity index (χ3n) is 5.61. The van der Waals surface area contributed by atoms with Crippen molar-refractivity contribution in [2.24, 2.45) is 0 Å². The maximum absolute atomic E-state index is 11.7. The van der Waals surface area contributed by atoms with Crippen LogP contribution in [-0.4, -0.2) is 61.3 Å². The predicted molar refractivity (Wildman–Crippen MR) is 125 cm³/mol. The molecular weight excluding hydrogens is 423 g/mol. The van der Waals surface area contributed by atoms with Gasteiger partial charge in [-0.2, -0.15) is 0 Å². The number of benzene rings is 2. The lowest BCUT2D eigenvalue weighted by atomic mass is 10.00. The quantitative estimate of drug-likeness (QED) is 0.630. The molecule has 4 rings (SSSR count). The Bertz CT molecular complexity index is 872. The van der Waals surface area contributed by atoms with Crippen LogP contribution in [0.1, 0.15) is 12.0 Å². The second kappa shape index (κ2) is 10.4. The number of β-amino-alcohol motifs (C(OH)–C–C–N with tert-alkyl or cyclic N) is 1. The first-order chi connectivity index (χ1) is 14.1. The summed E-state index contributed by atoms with van der Waals surface area (Å²) < 4.78 is 0. The minimum Gasteiger partial charge on any atom is -0.390 e. The van der Waals surface area contributed by atoms with Crippen LogP contribution < -0.4 is 15.5 Å². The van der Waals surface area contributed by atoms with Gasteiger partial charge in [0.2, 0.25) is 5.91 Å². The summed E-state index contributed by atoms with van der Waals surface area (Å²) in [5.41, 5.74) is 4.26. The van der Waals surface area contributed by atoms with E-state index in [2.05, 4.69) is 26.5 Å². The van der Waals surface area contributed by atoms with Gasteiger partial charge in [0.1, 0.15) is 0 Å². The van der Waals surface area contributed by atoms with Gasteiger partial charge in [0.05, 0.1) is 16.8 Å². The summed E-state index contributed by atoms with van der Waals surface area (Å²) in [6, 6.07) is 13.7. The number of nitrogens with one attached hydrogen (secondary N) is 2. The van der Waals surface area contributed by atoms with Crippen LogP contribution in [0.5, 0.6) is 0 Å². The van der Waals surface area contributed by atoms with Crippen LogP contribution in [0, 0.1) is 0 Å². The number of para-hydroxylation sites is 1. The van der Waals surface area contributed by atoms with E-state index in [1.165, 1.54) is 11.3 Å². The zero-order valence-corrected chi connectivity index (χ0v) is 18.4. The fourth-order valence-corrected chi connectivity index (χ4v) is 4.27. The van der Waals surface area contributed by atoms with Crippen LogP contribution in [0.25, 0.3) is 0 Å². The third-order valence-corrected chi connectivity index (χ3v) is 5.94. The second-order valence-electron chi connectivity index (χ2n) is 7.65. The molecule has 0 bridgehead atoms. The Morgan fingerprint density at radius 3 is 2.60 bits per heavy atom. The molecule has 0 radical (unpaired) electrons. The minimum absolute atomic E-state index is 0. The zero-order valence-electron chi connectivity index (χ0n) is 16.8. The molecule has 1 atom stereocenters. The van der Waals surface area contributed by atoms with Crippen LogP contribution >= 0.6 is 24.0 Å². The molecule has 2 heterocycles. The Morgan fingerprint density at radius 2 is 1.83 bits per heavy atom. The number of carbonyl (C=O) groups is 1. The average Bonchev–Trinajstić information content (AvgIpc) is 2.73. The molecule has 1 amide bonds. The van der Waals surface area contributed by atoms with Crippen molar-refractivity contribution < 1.29 is 9.90 Å². The van der Waals surface area contributed by atoms with E-state index in [0.717, 1.165) is 44.0 Å². The van der Waals surface area contributed by atoms with Crippen molar-refractivity contribution in [2.45, 2.75) is 18.9 Å². The number of piperazine rings is 1. The number of anilines is 3. The van der Waals surface area contributed by atoms with Gasteiger partial charge in [0.15, 0.2) is 0 Å². The summed E-state index contributed by atoms with van der Waals surface area (Å²) >= 11 is 6.15. The second-order valence-corrected chi connectivity index (χ2v) is 8.06. The topological polar surface area (TPSA) is 67.8 Å². The lowest BCUT2D eigenvalue weighted by Crippen LogP contribution is -2.49. The van der Waals surface area contributed by atoms with Crippen molar-refractivity contribution >= 4 is 47.0 Å². The predicted octanol–water partition coefficient (Wildman–Crippen LogP) is 3.24. The molecule has 0 saturated carbocycles. The Hall–Kier alpha value is -1.99. The standard InChI is InChI=1S/C22H27ClN4O2.ClH/c23-18-4-1-2-5-20(18)24-14-16(28)15-26-10-12-27(13-11-26)21-7-3-6-19-17(21)8-9-22(29)25-19;/h1-7,16,24,28H,8-15H2,(H,25,29);1H. The van der Waals surface area contributed by atoms with Crippen molar-refractivity contribution in [3.8, 4) is 0 Å². The maximum Gasteiger partial charge on any atom is 0.224 e. The molecule has 8 heteroatoms. The number of nitrogens with zero attached hydrogens (tertiary/aromatic N) is 2. The molecule has 0 aliphatic carbocycles. The van der Waals surface area contributed by atoms with Gasteiger partial charge < -0.3 is 20.6 Å². The molecule has 0 aromatic heterocycles. The van der Waals surface area contributed by atoms with E-state index in [1.54, 1.807) is 0 Å². The summed E-state index contributed by atoms with van der Waals surface area (Å²) in [5.74, 6) is 0.0962. The molecule has 1 saturated heterocycles. The van der Waals surface area contributed by atoms with Gasteiger partial charge in [-0.15, -0.1) is 12.4 Å². The van der Waals surface area contributed by atoms with Gasteiger partial charge in [-0.1, -0.05) is 29.8 Å². The number of aliphatic hydroxyl groups excluding tert-OH is 1. The fourth-order valence-electron chi connectivity index (χ4n) is 4.07. The van der Waals surface area contributed by atoms with E-state index in [-0.39, 0.29) is 18.3 Å². The summed E-state index contributed by atoms with van der Waals surface area (Å²) in [5, 5.41) is 17.3. The summed E-state index contributed by atoms with van der Waals surface area (Å²) in [7, 11) is 0. The molecule has 1 unspecified atom stereocenters. The smallest absolute Gasteiger partial charge is 0.224 e. The highest BCUT2D eigenvalue weighted by Gasteiger charge is 2.24. The highest BCUT2D eigenvalue weighted by molar-refractivity contribution is 6.33. The number of carbonyl (C=O) groups excluding carboxylic acids is 1. The molecule has 1 fully saturated rings. The van der Waals surface area contributed by atoms with Crippen LogP contribution in [0.15, 0.2) is 42.5 Å². The minimum atomic E-state index is -0.461. The fraction of sp³-hybridized carbons (Fsp3) is 0.409. The summed E-state index contributed by atoms with van der Waals surface area (Å²) in [6.45, 7) is 4.73. The monoisotopic (exact) mass is 450 g/mol. The van der Waals surface area contributed by atoms with Crippen LogP contribution in [0.3, 0.4) is 0 Å². The van der Waals surface area contributed by atoms with E-state index in [1.807, 2.05) is 36.4 Å². The molecular formula is C22H28Cl2N4O2. The molecule has 30 heavy (non-hydrogen) atoms. The van der Waals surface area contributed by atoms with Gasteiger partial charge in [0, 0.05) is 57.1 Å². The van der Waals surface area contributed by atoms with Crippen LogP contribution in [-0.2, 0) is 11.2 Å². The maximum atomic E-state index is 11.7. The van der Waals surface area contributed by atoms with Crippen molar-refractivity contribution in [3.05, 3.63) is 53.1 Å². The van der Waals surface area contributed by atoms with E-state index < -0.39 is 6.10 Å². The van der Waals surface area contributed by atoms with Gasteiger partial charge >= 0.3 is 0 Å². The summed E-state index contributed by atoms with van der Waals surface area (Å²) in [6.07, 6.45) is 0.885. The SMILES string of the molecule is Cl.O=C1CCc2c(cccc2N2CCN(CC(O)CNc3ccccc3Cl)CC2)N1. The lowest BCUT2D eigenvalue weighted by molar-refractivity contribution is -0.116. The third kappa shape index (κ3) is 5.38. The first-order valence-electron chi connectivity index (χ1n) is 10.2. The van der Waals surface area contributed by atoms with Crippen molar-refractivity contribution in [3.63, 3.8) is 0 Å². The molecule has 6 nitrogen and oxygen atoms in total. The van der Waals surface area contributed by atoms with Crippen LogP contribution in [0.2, 0.25) is 5.02 Å². The van der Waals surface area contributed by atoms with Gasteiger partial charge in [0.25, 0.3) is 0 Å². The van der Waals surface area contributed by atoms with Crippen LogP contribution in [0.4, 0.5) is 17.1 Å². The van der Waals surface area contributed by atoms with E-state index >= 15 is 0 Å². The Kier molecular flexibility index (Phi) is 7.83. The van der Waals surface area contributed by atoms with Crippen molar-refractivity contribution in [2.75, 3.05) is 54.8 Å². The molecule has 2 aliphatic rings. The average molecular weight is 451 g/mol. The highest BCUT2D eigenvalue weighted by Crippen LogP contribution is 2.32. The Labute approximate surface area is 188 Å². The number of hydrogen-bond acceptors (Lipinski definition) is 5. The summed E-state index contributed by atoms with van der Waals surface area (Å²) in [4.78, 5) is 16.3. The van der Waals surface area contributed by atoms with Crippen molar-refractivity contribution in [1.82, 2.24) is 4.90 Å². The molecule has 3 N–H and O–H groups in total. The lowest BCUT2D eigenvalue weighted by Gasteiger charge is -2.38. The van der Waals surface area contributed by atoms with E-state index in [0.29, 0.717) is 24.5 Å². The molecule has 0 spiro atoms. The van der Waals surface area contributed by atoms with Gasteiger partial charge in [-0.3, -0.25) is 9.69 Å². The van der Waals surface area contributed by atoms with E-state index in [4.69, 9.17) is 11.6 Å². The molecule has 162 valence electrons. The van der Waals surface area contributed by atoms with Crippen molar-refractivity contribution in [1.29, 1.82) is 0 Å². The number of fused-ring (bicyclic) bond motifs is 1. The first-order valence-corrected chi connectivity index (χ1v) is 10.5. The number of rotatable bonds is 6. The molecule has 2 aliphatic heterocycles. The first kappa shape index (κ1) is 22.7. The largest absolute Gasteiger partial charge is 0.390 e. The number of aliphatic hydroxyl groups is 1. The van der Waals surface area contributed by atoms with Gasteiger partial charge in [-0.05, 0) is 36.2 Å². The Morgan fingerprint density at radius 1 is 1.07 bits per heavy atom. The number of hydrogen-bond donors (Lipinski definition) is 3. The van der Waals surface area contributed by atoms with Gasteiger partial charge in [-0.25, -0.2) is 0 Å². The Balaban J connectivity index is 0.00000256. The van der Waals surface area contributed by atoms with E-state index in [9.17, 15) is 9.90 Å². The molecule has 2 aromatic rings. The molecule has 2 aromatic carbocycles. The normalized spacial score (nSPS) is 17.5. The zero-order chi connectivity index (χ0) is 20.2. The number of amides is 1. The number of halogens is 2.